The first-order valence-electron chi connectivity index (χ1n) is 5.69. The third-order valence-corrected chi connectivity index (χ3v) is 3.64. The molecule has 0 radical (unpaired) electrons. The average molecular weight is 263 g/mol. The highest BCUT2D eigenvalue weighted by Crippen LogP contribution is 2.49. The summed E-state index contributed by atoms with van der Waals surface area (Å²) in [5.41, 5.74) is 5.01. The first-order chi connectivity index (χ1) is 7.40. The minimum atomic E-state index is -0.824. The molecule has 1 rings (SSSR count). The molecule has 0 aliphatic heterocycles. The van der Waals surface area contributed by atoms with Crippen molar-refractivity contribution < 1.29 is 9.53 Å². The van der Waals surface area contributed by atoms with E-state index in [-0.39, 0.29) is 29.8 Å². The van der Waals surface area contributed by atoms with Crippen LogP contribution < -0.4 is 11.1 Å². The van der Waals surface area contributed by atoms with Crippen LogP contribution >= 0.6 is 12.4 Å². The number of hydrogen-bond acceptors (Lipinski definition) is 3. The molecule has 100 valence electrons. The molecule has 0 bridgehead atoms. The van der Waals surface area contributed by atoms with Gasteiger partial charge in [0, 0.05) is 25.0 Å². The van der Waals surface area contributed by atoms with Crippen LogP contribution in [0.2, 0.25) is 0 Å². The van der Waals surface area contributed by atoms with Crippen LogP contribution in [0.4, 0.5) is 0 Å². The van der Waals surface area contributed by atoms with Gasteiger partial charge in [0.2, 0.25) is 5.91 Å². The van der Waals surface area contributed by atoms with E-state index >= 15 is 0 Å². The highest BCUT2D eigenvalue weighted by Gasteiger charge is 2.62. The Hall–Kier alpha value is -0.580. The van der Waals surface area contributed by atoms with E-state index in [1.807, 2.05) is 20.8 Å². The number of amides is 1. The number of rotatable bonds is 5. The third kappa shape index (κ3) is 2.64. The van der Waals surface area contributed by atoms with Crippen LogP contribution in [0, 0.1) is 5.41 Å². The summed E-state index contributed by atoms with van der Waals surface area (Å²) in [4.78, 5) is 11.9. The van der Waals surface area contributed by atoms with Gasteiger partial charge in [0.05, 0.1) is 6.10 Å². The summed E-state index contributed by atoms with van der Waals surface area (Å²) in [5, 5.41) is 2.76. The Balaban J connectivity index is 0.00000256. The summed E-state index contributed by atoms with van der Waals surface area (Å²) >= 11 is 0. The molecule has 5 heteroatoms. The Kier molecular flexibility index (Phi) is 5.65. The fraction of sp³-hybridized carbons (Fsp3) is 0.750. The van der Waals surface area contributed by atoms with Crippen molar-refractivity contribution in [3.05, 3.63) is 12.7 Å². The molecule has 0 aromatic heterocycles. The van der Waals surface area contributed by atoms with Crippen molar-refractivity contribution in [1.29, 1.82) is 0 Å². The van der Waals surface area contributed by atoms with Crippen molar-refractivity contribution in [2.24, 2.45) is 11.1 Å². The van der Waals surface area contributed by atoms with E-state index in [2.05, 4.69) is 11.9 Å². The lowest BCUT2D eigenvalue weighted by atomic mass is 9.54. The van der Waals surface area contributed by atoms with Crippen LogP contribution in [0.25, 0.3) is 0 Å². The molecule has 0 saturated heterocycles. The van der Waals surface area contributed by atoms with Gasteiger partial charge in [0.1, 0.15) is 5.54 Å². The fourth-order valence-electron chi connectivity index (χ4n) is 2.14. The van der Waals surface area contributed by atoms with Crippen LogP contribution in [0.5, 0.6) is 0 Å². The van der Waals surface area contributed by atoms with Gasteiger partial charge in [-0.15, -0.1) is 19.0 Å². The average Bonchev–Trinajstić information content (AvgIpc) is 2.25. The Labute approximate surface area is 109 Å². The molecule has 2 unspecified atom stereocenters. The van der Waals surface area contributed by atoms with Crippen molar-refractivity contribution in [2.75, 3.05) is 13.2 Å². The Bertz CT molecular complexity index is 294. The number of nitrogens with two attached hydrogens (primary N) is 1. The standard InChI is InChI=1S/C12H22N2O2.ClH/c1-5-7-14-10(15)12(13)8-9(16-6-2)11(12,3)4;/h5,9H,1,6-8,13H2,2-4H3,(H,14,15);1H. The molecule has 0 aromatic carbocycles. The molecule has 0 aromatic rings. The minimum Gasteiger partial charge on any atom is -0.378 e. The quantitative estimate of drug-likeness (QED) is 0.733. The van der Waals surface area contributed by atoms with Crippen LogP contribution in [-0.2, 0) is 9.53 Å². The summed E-state index contributed by atoms with van der Waals surface area (Å²) < 4.78 is 5.56. The van der Waals surface area contributed by atoms with Crippen molar-refractivity contribution in [1.82, 2.24) is 5.32 Å². The van der Waals surface area contributed by atoms with Gasteiger partial charge in [-0.3, -0.25) is 4.79 Å². The zero-order valence-corrected chi connectivity index (χ0v) is 11.6. The SMILES string of the molecule is C=CCNC(=O)C1(N)CC(OCC)C1(C)C.Cl. The number of ether oxygens (including phenoxy) is 1. The Morgan fingerprint density at radius 1 is 1.65 bits per heavy atom. The minimum absolute atomic E-state index is 0. The number of hydrogen-bond donors (Lipinski definition) is 2. The van der Waals surface area contributed by atoms with Gasteiger partial charge >= 0.3 is 0 Å². The maximum atomic E-state index is 11.9. The van der Waals surface area contributed by atoms with E-state index in [0.717, 1.165) is 0 Å². The topological polar surface area (TPSA) is 64.4 Å². The second-order valence-corrected chi connectivity index (χ2v) is 4.84. The zero-order valence-electron chi connectivity index (χ0n) is 10.8. The maximum Gasteiger partial charge on any atom is 0.241 e. The second kappa shape index (κ2) is 5.85. The lowest BCUT2D eigenvalue weighted by Crippen LogP contribution is -2.75. The van der Waals surface area contributed by atoms with Crippen LogP contribution in [-0.4, -0.2) is 30.7 Å². The molecule has 17 heavy (non-hydrogen) atoms. The van der Waals surface area contributed by atoms with Crippen molar-refractivity contribution in [3.8, 4) is 0 Å². The van der Waals surface area contributed by atoms with Gasteiger partial charge in [0.25, 0.3) is 0 Å². The lowest BCUT2D eigenvalue weighted by molar-refractivity contribution is -0.170. The molecule has 0 spiro atoms. The van der Waals surface area contributed by atoms with Crippen molar-refractivity contribution in [2.45, 2.75) is 38.8 Å². The van der Waals surface area contributed by atoms with E-state index in [9.17, 15) is 4.79 Å². The molecule has 0 heterocycles. The van der Waals surface area contributed by atoms with Crippen LogP contribution in [0.1, 0.15) is 27.2 Å². The monoisotopic (exact) mass is 262 g/mol. The zero-order chi connectivity index (χ0) is 12.4. The molecule has 2 atom stereocenters. The van der Waals surface area contributed by atoms with E-state index in [1.54, 1.807) is 6.08 Å². The Morgan fingerprint density at radius 2 is 2.24 bits per heavy atom. The first kappa shape index (κ1) is 16.4. The number of carbonyl (C=O) groups is 1. The maximum absolute atomic E-state index is 11.9. The van der Waals surface area contributed by atoms with Gasteiger partial charge in [-0.1, -0.05) is 19.9 Å². The molecule has 1 fully saturated rings. The lowest BCUT2D eigenvalue weighted by Gasteiger charge is -2.57. The predicted octanol–water partition coefficient (Wildman–Crippen LogP) is 1.24. The number of carbonyl (C=O) groups excluding carboxylic acids is 1. The smallest absolute Gasteiger partial charge is 0.241 e. The summed E-state index contributed by atoms with van der Waals surface area (Å²) in [5.74, 6) is -0.117. The third-order valence-electron chi connectivity index (χ3n) is 3.64. The molecule has 1 amide bonds. The van der Waals surface area contributed by atoms with Gasteiger partial charge in [-0.25, -0.2) is 0 Å². The summed E-state index contributed by atoms with van der Waals surface area (Å²) in [6, 6.07) is 0. The second-order valence-electron chi connectivity index (χ2n) is 4.84. The van der Waals surface area contributed by atoms with Crippen molar-refractivity contribution >= 4 is 18.3 Å². The van der Waals surface area contributed by atoms with E-state index < -0.39 is 5.54 Å². The first-order valence-corrected chi connectivity index (χ1v) is 5.69. The molecule has 4 nitrogen and oxygen atoms in total. The Morgan fingerprint density at radius 3 is 2.65 bits per heavy atom. The van der Waals surface area contributed by atoms with E-state index in [4.69, 9.17) is 10.5 Å². The molecule has 3 N–H and O–H groups in total. The highest BCUT2D eigenvalue weighted by atomic mass is 35.5. The summed E-state index contributed by atoms with van der Waals surface area (Å²) in [6.07, 6.45) is 2.29. The largest absolute Gasteiger partial charge is 0.378 e. The van der Waals surface area contributed by atoms with Crippen molar-refractivity contribution in [3.63, 3.8) is 0 Å². The summed E-state index contributed by atoms with van der Waals surface area (Å²) in [6.45, 7) is 10.6. The predicted molar refractivity (Wildman–Crippen MR) is 71.2 cm³/mol. The molecule has 1 aliphatic rings. The fourth-order valence-corrected chi connectivity index (χ4v) is 2.14. The van der Waals surface area contributed by atoms with Gasteiger partial charge in [-0.05, 0) is 6.92 Å². The van der Waals surface area contributed by atoms with E-state index in [0.29, 0.717) is 19.6 Å². The van der Waals surface area contributed by atoms with Crippen LogP contribution in [0.3, 0.4) is 0 Å². The highest BCUT2D eigenvalue weighted by molar-refractivity contribution is 5.88. The molecular formula is C12H23ClN2O2. The van der Waals surface area contributed by atoms with Crippen LogP contribution in [0.15, 0.2) is 12.7 Å². The molecule has 1 saturated carbocycles. The number of halogens is 1. The number of nitrogens with one attached hydrogen (secondary N) is 1. The summed E-state index contributed by atoms with van der Waals surface area (Å²) in [7, 11) is 0. The van der Waals surface area contributed by atoms with Gasteiger partial charge in [0.15, 0.2) is 0 Å². The van der Waals surface area contributed by atoms with Gasteiger partial charge in [-0.2, -0.15) is 0 Å². The molecular weight excluding hydrogens is 240 g/mol. The molecule has 1 aliphatic carbocycles. The van der Waals surface area contributed by atoms with Gasteiger partial charge < -0.3 is 15.8 Å². The normalized spacial score (nSPS) is 29.8. The van der Waals surface area contributed by atoms with E-state index in [1.165, 1.54) is 0 Å².